The van der Waals surface area contributed by atoms with E-state index in [4.69, 9.17) is 0 Å². The number of benzene rings is 1. The van der Waals surface area contributed by atoms with Crippen LogP contribution in [0.25, 0.3) is 0 Å². The maximum absolute atomic E-state index is 12.9. The topological polar surface area (TPSA) is 159 Å². The van der Waals surface area contributed by atoms with E-state index in [9.17, 15) is 34.9 Å². The van der Waals surface area contributed by atoms with Gasteiger partial charge in [0, 0.05) is 13.1 Å². The van der Waals surface area contributed by atoms with E-state index in [1.54, 1.807) is 12.2 Å². The Morgan fingerprint density at radius 1 is 1.06 bits per heavy atom. The van der Waals surface area contributed by atoms with Gasteiger partial charge in [-0.15, -0.1) is 0 Å². The van der Waals surface area contributed by atoms with Crippen molar-refractivity contribution in [3.05, 3.63) is 50.6 Å². The van der Waals surface area contributed by atoms with Crippen LogP contribution in [0.4, 0.5) is 17.1 Å². The lowest BCUT2D eigenvalue weighted by Gasteiger charge is -2.43. The molecule has 0 bridgehead atoms. The molecule has 1 aromatic rings. The fourth-order valence-electron chi connectivity index (χ4n) is 5.01. The van der Waals surface area contributed by atoms with Crippen LogP contribution in [-0.4, -0.2) is 61.9 Å². The molecule has 4 rings (SSSR count). The van der Waals surface area contributed by atoms with Crippen molar-refractivity contribution in [2.75, 3.05) is 12.5 Å². The fourth-order valence-corrected chi connectivity index (χ4v) is 5.01. The van der Waals surface area contributed by atoms with Crippen LogP contribution in [0.3, 0.4) is 0 Å². The Kier molecular flexibility index (Phi) is 6.13. The molecule has 1 saturated carbocycles. The third-order valence-electron chi connectivity index (χ3n) is 6.80. The summed E-state index contributed by atoms with van der Waals surface area (Å²) in [5, 5.41) is 35.3. The number of likely N-dealkylation sites (tertiary alicyclic amines) is 1. The number of hydrogen-bond acceptors (Lipinski definition) is 9. The first-order chi connectivity index (χ1) is 15.7. The molecule has 2 heterocycles. The van der Waals surface area contributed by atoms with E-state index in [-0.39, 0.29) is 11.6 Å². The molecule has 33 heavy (non-hydrogen) atoms. The zero-order valence-electron chi connectivity index (χ0n) is 18.0. The molecule has 1 saturated heterocycles. The minimum absolute atomic E-state index is 0.0222. The molecule has 0 radical (unpaired) electrons. The highest BCUT2D eigenvalue weighted by Gasteiger charge is 2.53. The third kappa shape index (κ3) is 4.07. The van der Waals surface area contributed by atoms with E-state index in [1.807, 2.05) is 0 Å². The summed E-state index contributed by atoms with van der Waals surface area (Å²) in [5.41, 5.74) is 1.79. The summed E-state index contributed by atoms with van der Waals surface area (Å²) in [6.07, 6.45) is 7.08. The molecular formula is C21H25N5O7. The third-order valence-corrected chi connectivity index (χ3v) is 6.80. The maximum atomic E-state index is 12.9. The fraction of sp³-hybridized carbons (Fsp3) is 0.524. The molecule has 2 amide bonds. The van der Waals surface area contributed by atoms with Gasteiger partial charge in [-0.1, -0.05) is 31.4 Å². The Labute approximate surface area is 189 Å². The number of carbonyl (C=O) groups excluding carboxylic acids is 2. The first-order valence-corrected chi connectivity index (χ1v) is 10.9. The summed E-state index contributed by atoms with van der Waals surface area (Å²) in [7, 11) is 1.37. The minimum atomic E-state index is -1.01. The number of non-ortho nitro benzene ring substituents is 1. The Hall–Kier alpha value is -3.38. The number of imide groups is 1. The van der Waals surface area contributed by atoms with Gasteiger partial charge in [0.05, 0.1) is 34.0 Å². The predicted octanol–water partition coefficient (Wildman–Crippen LogP) is 1.99. The number of hydrogen-bond donors (Lipinski definition) is 2. The lowest BCUT2D eigenvalue weighted by molar-refractivity contribution is -0.393. The number of carbonyl (C=O) groups is 2. The van der Waals surface area contributed by atoms with Crippen LogP contribution < -0.4 is 5.43 Å². The van der Waals surface area contributed by atoms with Gasteiger partial charge in [0.1, 0.15) is 11.7 Å². The van der Waals surface area contributed by atoms with Gasteiger partial charge in [-0.05, 0) is 24.8 Å². The molecule has 2 N–H and O–H groups in total. The second kappa shape index (κ2) is 8.87. The van der Waals surface area contributed by atoms with Crippen LogP contribution in [0, 0.1) is 32.1 Å². The van der Waals surface area contributed by atoms with Gasteiger partial charge in [0.2, 0.25) is 11.8 Å². The van der Waals surface area contributed by atoms with Crippen LogP contribution in [0.2, 0.25) is 0 Å². The number of hydrazine groups is 1. The van der Waals surface area contributed by atoms with E-state index in [2.05, 4.69) is 5.43 Å². The zero-order valence-corrected chi connectivity index (χ0v) is 18.0. The van der Waals surface area contributed by atoms with Crippen molar-refractivity contribution < 1.29 is 24.5 Å². The number of likely N-dealkylation sites (N-methyl/N-ethyl adjacent to an activating group) is 1. The molecule has 12 heteroatoms. The van der Waals surface area contributed by atoms with E-state index in [1.165, 1.54) is 18.1 Å². The standard InChI is InChI=1S/C21H25N5O7/c1-23-20(28)14-8-10-16(19(27)12-5-3-2-4-6-12)24(18(14)21(23)29)22-15-9-7-13(25(30)31)11-17(15)26(32)33/h7-12,14,16,18-19,22,27H,2-6H2,1H3. The van der Waals surface area contributed by atoms with Crippen LogP contribution in [-0.2, 0) is 9.59 Å². The molecule has 4 atom stereocenters. The summed E-state index contributed by atoms with van der Waals surface area (Å²) in [4.78, 5) is 47.7. The molecule has 0 aromatic heterocycles. The first-order valence-electron chi connectivity index (χ1n) is 10.9. The summed E-state index contributed by atoms with van der Waals surface area (Å²) in [6.45, 7) is 0. The van der Waals surface area contributed by atoms with Gasteiger partial charge in [-0.3, -0.25) is 34.7 Å². The number of nitrogens with zero attached hydrogens (tertiary/aromatic N) is 4. The van der Waals surface area contributed by atoms with Gasteiger partial charge in [-0.2, -0.15) is 0 Å². The Morgan fingerprint density at radius 2 is 1.76 bits per heavy atom. The Bertz CT molecular complexity index is 1020. The number of amides is 2. The van der Waals surface area contributed by atoms with E-state index < -0.39 is 57.1 Å². The quantitative estimate of drug-likeness (QED) is 0.281. The number of aliphatic hydroxyl groups excluding tert-OH is 1. The van der Waals surface area contributed by atoms with Crippen molar-refractivity contribution in [1.29, 1.82) is 0 Å². The number of aliphatic hydroxyl groups is 1. The van der Waals surface area contributed by atoms with Gasteiger partial charge in [0.15, 0.2) is 0 Å². The summed E-state index contributed by atoms with van der Waals surface area (Å²) in [6, 6.07) is 1.41. The number of nitrogens with one attached hydrogen (secondary N) is 1. The average molecular weight is 459 g/mol. The zero-order chi connectivity index (χ0) is 23.9. The molecule has 2 fully saturated rings. The number of fused-ring (bicyclic) bond motifs is 1. The summed E-state index contributed by atoms with van der Waals surface area (Å²) >= 11 is 0. The van der Waals surface area contributed by atoms with Gasteiger partial charge >= 0.3 is 5.69 Å². The number of nitro benzene ring substituents is 2. The smallest absolute Gasteiger partial charge is 0.300 e. The molecule has 0 spiro atoms. The highest BCUT2D eigenvalue weighted by molar-refractivity contribution is 6.08. The maximum Gasteiger partial charge on any atom is 0.300 e. The Balaban J connectivity index is 1.73. The largest absolute Gasteiger partial charge is 0.391 e. The van der Waals surface area contributed by atoms with E-state index in [0.29, 0.717) is 0 Å². The molecule has 4 unspecified atom stereocenters. The minimum Gasteiger partial charge on any atom is -0.391 e. The Morgan fingerprint density at radius 3 is 2.39 bits per heavy atom. The van der Waals surface area contributed by atoms with Crippen LogP contribution in [0.15, 0.2) is 30.4 Å². The average Bonchev–Trinajstić information content (AvgIpc) is 3.03. The van der Waals surface area contributed by atoms with Gasteiger partial charge in [-0.25, -0.2) is 5.01 Å². The molecular weight excluding hydrogens is 434 g/mol. The summed E-state index contributed by atoms with van der Waals surface area (Å²) < 4.78 is 0. The van der Waals surface area contributed by atoms with Gasteiger partial charge in [0.25, 0.3) is 5.69 Å². The lowest BCUT2D eigenvalue weighted by Crippen LogP contribution is -2.58. The second-order valence-corrected chi connectivity index (χ2v) is 8.71. The predicted molar refractivity (Wildman–Crippen MR) is 116 cm³/mol. The highest BCUT2D eigenvalue weighted by Crippen LogP contribution is 2.38. The lowest BCUT2D eigenvalue weighted by atomic mass is 9.80. The van der Waals surface area contributed by atoms with Crippen LogP contribution in [0.1, 0.15) is 32.1 Å². The van der Waals surface area contributed by atoms with Crippen molar-refractivity contribution in [2.24, 2.45) is 11.8 Å². The molecule has 176 valence electrons. The van der Waals surface area contributed by atoms with Crippen LogP contribution >= 0.6 is 0 Å². The van der Waals surface area contributed by atoms with Gasteiger partial charge < -0.3 is 10.5 Å². The SMILES string of the molecule is CN1C(=O)C2C=CC(C(O)C3CCCCC3)N(Nc3ccc([N+](=O)[O-])cc3[N+](=O)[O-])C2C1=O. The van der Waals surface area contributed by atoms with Crippen LogP contribution in [0.5, 0.6) is 0 Å². The van der Waals surface area contributed by atoms with Crippen molar-refractivity contribution in [3.8, 4) is 0 Å². The molecule has 1 aliphatic carbocycles. The number of rotatable bonds is 6. The van der Waals surface area contributed by atoms with Crippen molar-refractivity contribution in [1.82, 2.24) is 9.91 Å². The summed E-state index contributed by atoms with van der Waals surface area (Å²) in [5.74, 6) is -1.72. The molecule has 2 aliphatic heterocycles. The normalized spacial score (nSPS) is 26.8. The number of nitro groups is 2. The first kappa shape index (κ1) is 22.8. The van der Waals surface area contributed by atoms with Crippen molar-refractivity contribution in [2.45, 2.75) is 50.3 Å². The van der Waals surface area contributed by atoms with Crippen molar-refractivity contribution >= 4 is 28.9 Å². The van der Waals surface area contributed by atoms with Crippen molar-refractivity contribution in [3.63, 3.8) is 0 Å². The molecule has 3 aliphatic rings. The monoisotopic (exact) mass is 459 g/mol. The second-order valence-electron chi connectivity index (χ2n) is 8.71. The highest BCUT2D eigenvalue weighted by atomic mass is 16.6. The number of anilines is 1. The van der Waals surface area contributed by atoms with E-state index >= 15 is 0 Å². The molecule has 1 aromatic carbocycles. The van der Waals surface area contributed by atoms with E-state index in [0.717, 1.165) is 49.1 Å². The molecule has 12 nitrogen and oxygen atoms in total.